The van der Waals surface area contributed by atoms with Crippen LogP contribution in [0.15, 0.2) is 17.1 Å². The topological polar surface area (TPSA) is 84.2 Å². The molecule has 0 aliphatic carbocycles. The average molecular weight is 279 g/mol. The third kappa shape index (κ3) is 2.50. The zero-order valence-corrected chi connectivity index (χ0v) is 11.5. The molecule has 0 saturated heterocycles. The molecule has 2 rings (SSSR count). The molecule has 0 spiro atoms. The molecule has 19 heavy (non-hydrogen) atoms. The van der Waals surface area contributed by atoms with Crippen LogP contribution in [-0.2, 0) is 7.05 Å². The van der Waals surface area contributed by atoms with Gasteiger partial charge in [0.1, 0.15) is 11.3 Å². The number of rotatable bonds is 2. The normalized spacial score (nSPS) is 10.5. The summed E-state index contributed by atoms with van der Waals surface area (Å²) in [5, 5.41) is 12.7. The average Bonchev–Trinajstić information content (AvgIpc) is 2.72. The lowest BCUT2D eigenvalue weighted by Crippen LogP contribution is -2.28. The van der Waals surface area contributed by atoms with Crippen molar-refractivity contribution in [3.05, 3.63) is 38.8 Å². The largest absolute Gasteiger partial charge is 0.507 e. The van der Waals surface area contributed by atoms with Gasteiger partial charge in [-0.2, -0.15) is 0 Å². The minimum absolute atomic E-state index is 0.277. The number of hydrogen-bond donors (Lipinski definition) is 2. The fourth-order valence-corrected chi connectivity index (χ4v) is 2.25. The van der Waals surface area contributed by atoms with E-state index in [1.54, 1.807) is 20.2 Å². The Morgan fingerprint density at radius 3 is 2.74 bits per heavy atom. The minimum atomic E-state index is -0.660. The Hall–Kier alpha value is -2.15. The predicted octanol–water partition coefficient (Wildman–Crippen LogP) is 1.42. The summed E-state index contributed by atoms with van der Waals surface area (Å²) in [5.74, 6) is -0.987. The molecule has 0 atom stereocenters. The number of aryl methyl sites for hydroxylation is 2. The van der Waals surface area contributed by atoms with Gasteiger partial charge in [0, 0.05) is 29.9 Å². The van der Waals surface area contributed by atoms with Gasteiger partial charge in [-0.3, -0.25) is 14.9 Å². The van der Waals surface area contributed by atoms with E-state index in [0.29, 0.717) is 10.8 Å². The van der Waals surface area contributed by atoms with E-state index in [1.807, 2.05) is 6.92 Å². The van der Waals surface area contributed by atoms with Crippen molar-refractivity contribution in [2.24, 2.45) is 7.05 Å². The van der Waals surface area contributed by atoms with Crippen molar-refractivity contribution < 1.29 is 9.90 Å². The van der Waals surface area contributed by atoms with Crippen molar-refractivity contribution in [1.82, 2.24) is 9.55 Å². The molecule has 2 aromatic heterocycles. The summed E-state index contributed by atoms with van der Waals surface area (Å²) >= 11 is 1.30. The molecule has 2 N–H and O–H groups in total. The Labute approximate surface area is 113 Å². The number of nitrogens with one attached hydrogen (secondary N) is 1. The molecule has 0 aliphatic heterocycles. The molecule has 7 heteroatoms. The Morgan fingerprint density at radius 1 is 1.47 bits per heavy atom. The Kier molecular flexibility index (Phi) is 3.39. The molecule has 0 aliphatic rings. The van der Waals surface area contributed by atoms with Crippen LogP contribution in [0.1, 0.15) is 20.9 Å². The summed E-state index contributed by atoms with van der Waals surface area (Å²) in [4.78, 5) is 28.9. The van der Waals surface area contributed by atoms with Gasteiger partial charge in [-0.15, -0.1) is 11.3 Å². The summed E-state index contributed by atoms with van der Waals surface area (Å²) in [6.45, 7) is 3.53. The van der Waals surface area contributed by atoms with Crippen molar-refractivity contribution in [2.45, 2.75) is 13.8 Å². The fraction of sp³-hybridized carbons (Fsp3) is 0.250. The number of anilines is 1. The van der Waals surface area contributed by atoms with Crippen LogP contribution in [0.3, 0.4) is 0 Å². The molecule has 1 amide bonds. The highest BCUT2D eigenvalue weighted by Gasteiger charge is 2.19. The number of carbonyl (C=O) groups is 1. The molecule has 2 aromatic rings. The smallest absolute Gasteiger partial charge is 0.267 e. The van der Waals surface area contributed by atoms with Crippen LogP contribution in [0.5, 0.6) is 5.75 Å². The zero-order chi connectivity index (χ0) is 14.2. The second-order valence-corrected chi connectivity index (χ2v) is 5.38. The maximum atomic E-state index is 12.0. The highest BCUT2D eigenvalue weighted by molar-refractivity contribution is 7.15. The summed E-state index contributed by atoms with van der Waals surface area (Å²) in [6.07, 6.45) is 1.62. The third-order valence-corrected chi connectivity index (χ3v) is 3.55. The van der Waals surface area contributed by atoms with E-state index in [4.69, 9.17) is 0 Å². The van der Waals surface area contributed by atoms with E-state index < -0.39 is 11.5 Å². The number of nitrogens with zero attached hydrogens (tertiary/aromatic N) is 2. The molecular weight excluding hydrogens is 266 g/mol. The molecular formula is C12H13N3O3S. The molecule has 0 radical (unpaired) electrons. The summed E-state index contributed by atoms with van der Waals surface area (Å²) in [6, 6.07) is 1.38. The van der Waals surface area contributed by atoms with E-state index in [0.717, 1.165) is 4.88 Å². The molecule has 2 heterocycles. The second kappa shape index (κ2) is 4.85. The first-order valence-electron chi connectivity index (χ1n) is 5.53. The minimum Gasteiger partial charge on any atom is -0.507 e. The molecule has 6 nitrogen and oxygen atoms in total. The van der Waals surface area contributed by atoms with Crippen LogP contribution in [0, 0.1) is 13.8 Å². The lowest BCUT2D eigenvalue weighted by atomic mass is 10.2. The quantitative estimate of drug-likeness (QED) is 0.870. The third-order valence-electron chi connectivity index (χ3n) is 2.72. The van der Waals surface area contributed by atoms with Gasteiger partial charge in [0.2, 0.25) is 0 Å². The van der Waals surface area contributed by atoms with Gasteiger partial charge in [0.25, 0.3) is 11.5 Å². The van der Waals surface area contributed by atoms with Crippen LogP contribution in [0.2, 0.25) is 0 Å². The van der Waals surface area contributed by atoms with Crippen molar-refractivity contribution in [3.63, 3.8) is 0 Å². The molecule has 0 bridgehead atoms. The summed E-state index contributed by atoms with van der Waals surface area (Å²) in [7, 11) is 1.54. The second-order valence-electron chi connectivity index (χ2n) is 4.14. The summed E-state index contributed by atoms with van der Waals surface area (Å²) < 4.78 is 1.31. The van der Waals surface area contributed by atoms with E-state index in [-0.39, 0.29) is 11.3 Å². The molecule has 0 unspecified atom stereocenters. The van der Waals surface area contributed by atoms with E-state index in [9.17, 15) is 14.7 Å². The van der Waals surface area contributed by atoms with Crippen molar-refractivity contribution >= 4 is 22.4 Å². The standard InChI is InChI=1S/C12H13N3O3S/c1-6-4-8(16)9(11(18)15(6)3)10(17)14-12-13-5-7(2)19-12/h4-5,16H,1-3H3,(H,13,14,17). The molecule has 0 fully saturated rings. The number of amides is 1. The molecule has 100 valence electrons. The maximum Gasteiger partial charge on any atom is 0.267 e. The highest BCUT2D eigenvalue weighted by Crippen LogP contribution is 2.19. The van der Waals surface area contributed by atoms with Crippen LogP contribution < -0.4 is 10.9 Å². The van der Waals surface area contributed by atoms with Crippen LogP contribution in [0.25, 0.3) is 0 Å². The number of aromatic nitrogens is 2. The van der Waals surface area contributed by atoms with Gasteiger partial charge in [-0.05, 0) is 13.8 Å². The van der Waals surface area contributed by atoms with Gasteiger partial charge in [0.05, 0.1) is 0 Å². The monoisotopic (exact) mass is 279 g/mol. The lowest BCUT2D eigenvalue weighted by Gasteiger charge is -2.08. The Balaban J connectivity index is 2.40. The van der Waals surface area contributed by atoms with Gasteiger partial charge in [-0.1, -0.05) is 0 Å². The SMILES string of the molecule is Cc1cnc(NC(=O)c2c(O)cc(C)n(C)c2=O)s1. The maximum absolute atomic E-state index is 12.0. The van der Waals surface area contributed by atoms with Gasteiger partial charge in [-0.25, -0.2) is 4.98 Å². The van der Waals surface area contributed by atoms with Crippen LogP contribution in [0.4, 0.5) is 5.13 Å². The lowest BCUT2D eigenvalue weighted by molar-refractivity contribution is 0.102. The first kappa shape index (κ1) is 13.3. The Bertz CT molecular complexity index is 703. The van der Waals surface area contributed by atoms with E-state index in [1.165, 1.54) is 22.0 Å². The number of thiazole rings is 1. The van der Waals surface area contributed by atoms with Crippen LogP contribution >= 0.6 is 11.3 Å². The molecule has 0 saturated carbocycles. The fourth-order valence-electron chi connectivity index (χ4n) is 1.59. The Morgan fingerprint density at radius 2 is 2.16 bits per heavy atom. The number of pyridine rings is 1. The molecule has 0 aromatic carbocycles. The number of hydrogen-bond acceptors (Lipinski definition) is 5. The van der Waals surface area contributed by atoms with E-state index in [2.05, 4.69) is 10.3 Å². The summed E-state index contributed by atoms with van der Waals surface area (Å²) in [5.41, 5.74) is -0.242. The number of carbonyl (C=O) groups excluding carboxylic acids is 1. The van der Waals surface area contributed by atoms with E-state index >= 15 is 0 Å². The number of aromatic hydroxyl groups is 1. The first-order chi connectivity index (χ1) is 8.90. The van der Waals surface area contributed by atoms with Gasteiger partial charge < -0.3 is 9.67 Å². The van der Waals surface area contributed by atoms with Gasteiger partial charge in [0.15, 0.2) is 5.13 Å². The first-order valence-corrected chi connectivity index (χ1v) is 6.35. The predicted molar refractivity (Wildman–Crippen MR) is 72.9 cm³/mol. The zero-order valence-electron chi connectivity index (χ0n) is 10.7. The van der Waals surface area contributed by atoms with Crippen molar-refractivity contribution in [1.29, 1.82) is 0 Å². The van der Waals surface area contributed by atoms with Crippen LogP contribution in [-0.4, -0.2) is 20.6 Å². The highest BCUT2D eigenvalue weighted by atomic mass is 32.1. The van der Waals surface area contributed by atoms with Crippen molar-refractivity contribution in [3.8, 4) is 5.75 Å². The van der Waals surface area contributed by atoms with Gasteiger partial charge >= 0.3 is 0 Å². The van der Waals surface area contributed by atoms with Crippen molar-refractivity contribution in [2.75, 3.05) is 5.32 Å².